The lowest BCUT2D eigenvalue weighted by molar-refractivity contribution is 0.476. The van der Waals surface area contributed by atoms with Crippen molar-refractivity contribution in [2.45, 2.75) is 113 Å². The summed E-state index contributed by atoms with van der Waals surface area (Å²) in [6, 6.07) is 0. The van der Waals surface area contributed by atoms with E-state index < -0.39 is 0 Å². The Morgan fingerprint density at radius 2 is 0.914 bits per heavy atom. The van der Waals surface area contributed by atoms with Crippen LogP contribution < -0.4 is 0 Å². The van der Waals surface area contributed by atoms with Gasteiger partial charge in [-0.2, -0.15) is 0 Å². The molecule has 0 amide bonds. The van der Waals surface area contributed by atoms with Gasteiger partial charge >= 0.3 is 0 Å². The molecular formula is C35H58. The fraction of sp³-hybridized carbons (Fsp3) is 1.00. The van der Waals surface area contributed by atoms with Crippen LogP contribution in [0.3, 0.4) is 0 Å². The molecule has 0 radical (unpaired) electrons. The zero-order valence-corrected chi connectivity index (χ0v) is 24.4. The van der Waals surface area contributed by atoms with E-state index >= 15 is 0 Å². The van der Waals surface area contributed by atoms with Gasteiger partial charge in [0.2, 0.25) is 0 Å². The number of hydrogen-bond donors (Lipinski definition) is 0. The minimum absolute atomic E-state index is 0.863. The summed E-state index contributed by atoms with van der Waals surface area (Å²) < 4.78 is 0. The maximum absolute atomic E-state index is 2.61. The standard InChI is InChI=1S/C35H58/c1-18-16-25(18)8-9-26-21(4)27(26)10-11-28-22(5)29(28)12-13-30-23(6)31(30)14-15-32-24(7)35(32)17-33(35)34-19(2)20(34)3/h18-34H,8-17H2,1-7H3. The number of rotatable bonds is 13. The van der Waals surface area contributed by atoms with Gasteiger partial charge in [-0.15, -0.1) is 0 Å². The quantitative estimate of drug-likeness (QED) is 0.247. The van der Waals surface area contributed by atoms with Crippen molar-refractivity contribution in [3.05, 3.63) is 0 Å². The monoisotopic (exact) mass is 478 g/mol. The van der Waals surface area contributed by atoms with Gasteiger partial charge in [0.05, 0.1) is 0 Å². The van der Waals surface area contributed by atoms with Crippen LogP contribution in [-0.4, -0.2) is 0 Å². The van der Waals surface area contributed by atoms with Crippen LogP contribution in [-0.2, 0) is 0 Å². The van der Waals surface area contributed by atoms with Gasteiger partial charge in [0.25, 0.3) is 0 Å². The van der Waals surface area contributed by atoms with Crippen molar-refractivity contribution in [3.63, 3.8) is 0 Å². The van der Waals surface area contributed by atoms with E-state index in [0.717, 1.165) is 106 Å². The first kappa shape index (κ1) is 24.1. The van der Waals surface area contributed by atoms with Crippen molar-refractivity contribution in [1.29, 1.82) is 0 Å². The molecule has 7 rings (SSSR count). The summed E-state index contributed by atoms with van der Waals surface area (Å²) in [5.74, 6) is 18.5. The van der Waals surface area contributed by atoms with Gasteiger partial charge in [-0.05, 0) is 170 Å². The second kappa shape index (κ2) is 8.25. The maximum Gasteiger partial charge on any atom is -0.0204 e. The van der Waals surface area contributed by atoms with E-state index in [1.165, 1.54) is 6.42 Å². The lowest BCUT2D eigenvalue weighted by Gasteiger charge is -2.03. The van der Waals surface area contributed by atoms with Crippen LogP contribution in [0.15, 0.2) is 0 Å². The van der Waals surface area contributed by atoms with E-state index in [1.54, 1.807) is 57.8 Å². The van der Waals surface area contributed by atoms with Gasteiger partial charge in [0.15, 0.2) is 0 Å². The highest BCUT2D eigenvalue weighted by molar-refractivity contribution is 5.26. The molecular weight excluding hydrogens is 420 g/mol. The Morgan fingerprint density at radius 3 is 1.31 bits per heavy atom. The average Bonchev–Trinajstić information content (AvgIpc) is 3.50. The third-order valence-electron chi connectivity index (χ3n) is 15.4. The Hall–Kier alpha value is 0. The molecule has 0 aliphatic heterocycles. The summed E-state index contributed by atoms with van der Waals surface area (Å²) >= 11 is 0. The summed E-state index contributed by atoms with van der Waals surface area (Å²) in [6.45, 7) is 17.9. The molecule has 17 atom stereocenters. The van der Waals surface area contributed by atoms with Gasteiger partial charge in [-0.3, -0.25) is 0 Å². The highest BCUT2D eigenvalue weighted by Gasteiger charge is 2.79. The smallest absolute Gasteiger partial charge is 0.0204 e. The average molecular weight is 479 g/mol. The van der Waals surface area contributed by atoms with Crippen molar-refractivity contribution >= 4 is 0 Å². The van der Waals surface area contributed by atoms with E-state index in [0.29, 0.717) is 0 Å². The minimum atomic E-state index is 0.863. The molecule has 17 unspecified atom stereocenters. The molecule has 0 aromatic rings. The normalized spacial score (nSPS) is 62.7. The fourth-order valence-electron chi connectivity index (χ4n) is 11.6. The van der Waals surface area contributed by atoms with Crippen LogP contribution in [0, 0.1) is 106 Å². The molecule has 7 fully saturated rings. The molecule has 0 N–H and O–H groups in total. The van der Waals surface area contributed by atoms with Gasteiger partial charge in [0, 0.05) is 0 Å². The third-order valence-corrected chi connectivity index (χ3v) is 15.4. The maximum atomic E-state index is 2.61. The number of hydrogen-bond acceptors (Lipinski definition) is 0. The predicted molar refractivity (Wildman–Crippen MR) is 148 cm³/mol. The van der Waals surface area contributed by atoms with Crippen LogP contribution in [0.4, 0.5) is 0 Å². The van der Waals surface area contributed by atoms with Gasteiger partial charge in [0.1, 0.15) is 0 Å². The van der Waals surface area contributed by atoms with E-state index in [2.05, 4.69) is 48.5 Å². The molecule has 7 aliphatic carbocycles. The fourth-order valence-corrected chi connectivity index (χ4v) is 11.6. The highest BCUT2D eigenvalue weighted by Crippen LogP contribution is 2.84. The summed E-state index contributed by atoms with van der Waals surface area (Å²) in [5.41, 5.74) is 0.863. The molecule has 7 saturated carbocycles. The zero-order chi connectivity index (χ0) is 24.4. The van der Waals surface area contributed by atoms with E-state index in [4.69, 9.17) is 0 Å². The summed E-state index contributed by atoms with van der Waals surface area (Å²) in [5, 5.41) is 0. The van der Waals surface area contributed by atoms with Crippen molar-refractivity contribution in [2.75, 3.05) is 0 Å². The van der Waals surface area contributed by atoms with Crippen molar-refractivity contribution < 1.29 is 0 Å². The van der Waals surface area contributed by atoms with Crippen LogP contribution in [0.2, 0.25) is 0 Å². The lowest BCUT2D eigenvalue weighted by Crippen LogP contribution is -1.93. The van der Waals surface area contributed by atoms with Crippen LogP contribution in [0.25, 0.3) is 0 Å². The van der Waals surface area contributed by atoms with Crippen molar-refractivity contribution in [3.8, 4) is 0 Å². The van der Waals surface area contributed by atoms with E-state index in [-0.39, 0.29) is 0 Å². The minimum Gasteiger partial charge on any atom is -0.0622 e. The Morgan fingerprint density at radius 1 is 0.514 bits per heavy atom. The van der Waals surface area contributed by atoms with Crippen molar-refractivity contribution in [1.82, 2.24) is 0 Å². The van der Waals surface area contributed by atoms with E-state index in [9.17, 15) is 0 Å². The first-order valence-corrected chi connectivity index (χ1v) is 16.8. The molecule has 0 aromatic carbocycles. The Labute approximate surface area is 218 Å². The molecule has 0 heterocycles. The first-order valence-electron chi connectivity index (χ1n) is 16.8. The zero-order valence-electron chi connectivity index (χ0n) is 24.4. The molecule has 0 saturated heterocycles. The Kier molecular flexibility index (Phi) is 5.67. The Balaban J connectivity index is 0.784. The molecule has 1 spiro atoms. The summed E-state index contributed by atoms with van der Waals surface area (Å²) in [6.07, 6.45) is 15.7. The predicted octanol–water partition coefficient (Wildman–Crippen LogP) is 9.58. The van der Waals surface area contributed by atoms with Gasteiger partial charge in [-0.1, -0.05) is 48.5 Å². The molecule has 0 aromatic heterocycles. The van der Waals surface area contributed by atoms with Crippen molar-refractivity contribution in [2.24, 2.45) is 106 Å². The highest BCUT2D eigenvalue weighted by atomic mass is 14.8. The van der Waals surface area contributed by atoms with Gasteiger partial charge < -0.3 is 0 Å². The third kappa shape index (κ3) is 4.03. The second-order valence-electron chi connectivity index (χ2n) is 16.5. The van der Waals surface area contributed by atoms with Crippen LogP contribution in [0.1, 0.15) is 113 Å². The van der Waals surface area contributed by atoms with E-state index in [1.807, 2.05) is 0 Å². The molecule has 198 valence electrons. The first-order chi connectivity index (χ1) is 16.8. The molecule has 7 aliphatic rings. The van der Waals surface area contributed by atoms with Crippen LogP contribution >= 0.6 is 0 Å². The summed E-state index contributed by atoms with van der Waals surface area (Å²) in [7, 11) is 0. The van der Waals surface area contributed by atoms with Gasteiger partial charge in [-0.25, -0.2) is 0 Å². The molecule has 0 nitrogen and oxygen atoms in total. The molecule has 0 bridgehead atoms. The molecule has 0 heteroatoms. The lowest BCUT2D eigenvalue weighted by atomic mass is 10.0. The SMILES string of the molecule is CC1CC1CCC1C(C)C1CCC1C(C)C1CCC1C(C)C1CCC1C(C)C12CC2C1C(C)C1C. The largest absolute Gasteiger partial charge is 0.0622 e. The second-order valence-corrected chi connectivity index (χ2v) is 16.5. The Bertz CT molecular complexity index is 805. The molecule has 35 heavy (non-hydrogen) atoms. The summed E-state index contributed by atoms with van der Waals surface area (Å²) in [4.78, 5) is 0. The topological polar surface area (TPSA) is 0 Å². The van der Waals surface area contributed by atoms with Crippen LogP contribution in [0.5, 0.6) is 0 Å².